The van der Waals surface area contributed by atoms with Crippen LogP contribution in [0.1, 0.15) is 50.5 Å². The number of aromatic nitrogens is 15. The van der Waals surface area contributed by atoms with Crippen molar-refractivity contribution in [2.45, 2.75) is 69.0 Å². The third kappa shape index (κ3) is 9.47. The molecule has 18 nitrogen and oxygen atoms in total. The second-order valence-corrected chi connectivity index (χ2v) is 23.1. The number of para-hydroxylation sites is 3. The van der Waals surface area contributed by atoms with Crippen molar-refractivity contribution in [3.8, 4) is 17.1 Å². The summed E-state index contributed by atoms with van der Waals surface area (Å²) in [6.07, 6.45) is 5.70. The van der Waals surface area contributed by atoms with Crippen molar-refractivity contribution in [1.82, 2.24) is 74.0 Å². The van der Waals surface area contributed by atoms with E-state index < -0.39 is 0 Å². The first kappa shape index (κ1) is 47.7. The minimum atomic E-state index is 0.635. The normalized spacial score (nSPS) is 14.0. The smallest absolute Gasteiger partial charge is 0.213 e. The summed E-state index contributed by atoms with van der Waals surface area (Å²) < 4.78 is 11.5. The quantitative estimate of drug-likeness (QED) is 0.0884. The molecule has 0 atom stereocenters. The summed E-state index contributed by atoms with van der Waals surface area (Å²) in [5.41, 5.74) is 15.3. The molecule has 0 N–H and O–H groups in total. The number of rotatable bonds is 15. The molecule has 0 amide bonds. The Morgan fingerprint density at radius 2 is 0.693 bits per heavy atom. The monoisotopic (exact) mass is 1100 g/mol. The summed E-state index contributed by atoms with van der Waals surface area (Å²) >= 11 is 9.72. The van der Waals surface area contributed by atoms with Gasteiger partial charge in [-0.05, 0) is 73.9 Å². The van der Waals surface area contributed by atoms with E-state index in [1.54, 1.807) is 70.6 Å². The molecule has 0 fully saturated rings. The van der Waals surface area contributed by atoms with Gasteiger partial charge in [0.25, 0.3) is 0 Å². The van der Waals surface area contributed by atoms with Crippen molar-refractivity contribution in [1.29, 1.82) is 0 Å². The molecule has 75 heavy (non-hydrogen) atoms. The van der Waals surface area contributed by atoms with Gasteiger partial charge in [0.15, 0.2) is 0 Å². The highest BCUT2D eigenvalue weighted by Crippen LogP contribution is 2.36. The Labute approximate surface area is 455 Å². The lowest BCUT2D eigenvalue weighted by molar-refractivity contribution is 0.693. The lowest BCUT2D eigenvalue weighted by Gasteiger charge is -2.15. The third-order valence-corrected chi connectivity index (χ3v) is 18.4. The number of nitrogens with zero attached hydrogens (tertiary/aromatic N) is 18. The minimum absolute atomic E-state index is 0.635. The fourth-order valence-corrected chi connectivity index (χ4v) is 14.0. The molecule has 6 aromatic heterocycles. The van der Waals surface area contributed by atoms with Crippen LogP contribution in [0.5, 0.6) is 0 Å². The van der Waals surface area contributed by atoms with Gasteiger partial charge in [0, 0.05) is 51.2 Å². The van der Waals surface area contributed by atoms with E-state index in [-0.39, 0.29) is 0 Å². The van der Waals surface area contributed by atoms with Crippen LogP contribution in [-0.2, 0) is 17.3 Å². The predicted molar refractivity (Wildman–Crippen MR) is 298 cm³/mol. The van der Waals surface area contributed by atoms with E-state index in [0.717, 1.165) is 116 Å². The van der Waals surface area contributed by atoms with E-state index in [1.165, 1.54) is 0 Å². The Kier molecular flexibility index (Phi) is 13.1. The zero-order chi connectivity index (χ0) is 50.4. The highest BCUT2D eigenvalue weighted by Gasteiger charge is 2.27. The molecule has 3 aliphatic heterocycles. The van der Waals surface area contributed by atoms with Crippen LogP contribution in [0, 0.1) is 20.8 Å². The van der Waals surface area contributed by atoms with E-state index in [0.29, 0.717) is 34.5 Å². The van der Waals surface area contributed by atoms with Gasteiger partial charge in [-0.1, -0.05) is 143 Å². The summed E-state index contributed by atoms with van der Waals surface area (Å²) in [6, 6.07) is 37.2. The van der Waals surface area contributed by atoms with Crippen LogP contribution < -0.4 is 0 Å². The van der Waals surface area contributed by atoms with Crippen molar-refractivity contribution in [2.75, 3.05) is 17.3 Å². The van der Waals surface area contributed by atoms with Crippen molar-refractivity contribution < 1.29 is 0 Å². The predicted octanol–water partition coefficient (Wildman–Crippen LogP) is 9.89. The SMILES string of the molecule is Cc1c(C2=Nn3c(nnc3SCc3cc(CSc4nnc5n4N=C(c4cnn(-c6ccccc6)c4C)CS5)cc(CSc4nnc5n4N=C(c4cnn(-c6ccccc6)c4C)CS5)c3)SC2)cnn1-c1ccccc1. The van der Waals surface area contributed by atoms with Gasteiger partial charge in [-0.3, -0.25) is 0 Å². The Balaban J connectivity index is 0.771. The van der Waals surface area contributed by atoms with E-state index in [4.69, 9.17) is 30.6 Å². The molecule has 24 heteroatoms. The first-order chi connectivity index (χ1) is 36.9. The Morgan fingerprint density at radius 3 is 0.987 bits per heavy atom. The average Bonchev–Trinajstić information content (AvgIpc) is 4.35. The fourth-order valence-electron chi connectivity index (χ4n) is 8.90. The standard InChI is InChI=1S/C51H42N18S6/c1-31-40(22-52-64(31)37-13-7-4-8-14-37)43-28-73-49-58-55-46(67(49)61-43)70-25-34-19-35(26-71-47-56-59-50-68(47)62-44(29-74-50)41-23-53-65(32(41)2)38-15-9-5-10-16-38)21-36(20-34)27-72-48-57-60-51-69(48)63-45(30-75-51)42-24-54-66(33(42)3)39-17-11-6-12-18-39/h4-24H,25-30H2,1-3H3. The van der Waals surface area contributed by atoms with Crippen molar-refractivity contribution in [3.63, 3.8) is 0 Å². The zero-order valence-electron chi connectivity index (χ0n) is 40.4. The van der Waals surface area contributed by atoms with E-state index in [9.17, 15) is 0 Å². The van der Waals surface area contributed by atoms with Gasteiger partial charge in [0.2, 0.25) is 30.9 Å². The molecule has 0 bridgehead atoms. The third-order valence-electron chi connectivity index (χ3n) is 12.6. The van der Waals surface area contributed by atoms with Gasteiger partial charge < -0.3 is 0 Å². The topological polar surface area (TPSA) is 183 Å². The minimum Gasteiger partial charge on any atom is -0.237 e. The molecular formula is C51H42N18S6. The lowest BCUT2D eigenvalue weighted by Crippen LogP contribution is -2.14. The molecule has 4 aromatic carbocycles. The van der Waals surface area contributed by atoms with Crippen LogP contribution in [0.4, 0.5) is 0 Å². The van der Waals surface area contributed by atoms with Crippen LogP contribution >= 0.6 is 70.6 Å². The molecule has 10 aromatic rings. The molecular weight excluding hydrogens is 1060 g/mol. The number of thioether (sulfide) groups is 6. The Morgan fingerprint density at radius 1 is 0.400 bits per heavy atom. The summed E-state index contributed by atoms with van der Waals surface area (Å²) in [5.74, 6) is 3.91. The molecule has 0 unspecified atom stereocenters. The largest absolute Gasteiger partial charge is 0.237 e. The van der Waals surface area contributed by atoms with Crippen molar-refractivity contribution >= 4 is 87.7 Å². The second-order valence-electron chi connectivity index (χ2n) is 17.4. The number of fused-ring (bicyclic) bond motifs is 3. The van der Waals surface area contributed by atoms with Gasteiger partial charge in [0.05, 0.1) is 69.9 Å². The van der Waals surface area contributed by atoms with Gasteiger partial charge in [0.1, 0.15) is 0 Å². The first-order valence-electron chi connectivity index (χ1n) is 23.7. The molecule has 372 valence electrons. The fraction of sp³-hybridized carbons (Fsp3) is 0.176. The van der Waals surface area contributed by atoms with Crippen molar-refractivity contribution in [2.24, 2.45) is 15.3 Å². The molecule has 0 saturated heterocycles. The molecule has 0 spiro atoms. The van der Waals surface area contributed by atoms with Crippen LogP contribution in [-0.4, -0.2) is 108 Å². The zero-order valence-corrected chi connectivity index (χ0v) is 45.3. The van der Waals surface area contributed by atoms with E-state index >= 15 is 0 Å². The summed E-state index contributed by atoms with van der Waals surface area (Å²) in [7, 11) is 0. The molecule has 0 radical (unpaired) electrons. The maximum atomic E-state index is 5.11. The number of hydrogen-bond acceptors (Lipinski definition) is 18. The Hall–Kier alpha value is -6.96. The molecule has 3 aliphatic rings. The second kappa shape index (κ2) is 20.6. The van der Waals surface area contributed by atoms with Gasteiger partial charge >= 0.3 is 0 Å². The van der Waals surface area contributed by atoms with E-state index in [2.05, 4.69) is 106 Å². The average molecular weight is 1100 g/mol. The Bertz CT molecular complexity index is 3440. The molecule has 0 aliphatic carbocycles. The van der Waals surface area contributed by atoms with Gasteiger partial charge in [-0.15, -0.1) is 30.6 Å². The maximum absolute atomic E-state index is 5.11. The molecule has 13 rings (SSSR count). The highest BCUT2D eigenvalue weighted by atomic mass is 32.2. The highest BCUT2D eigenvalue weighted by molar-refractivity contribution is 8.01. The molecule has 9 heterocycles. The first-order valence-corrected chi connectivity index (χ1v) is 29.6. The van der Waals surface area contributed by atoms with Gasteiger partial charge in [-0.25, -0.2) is 14.0 Å². The molecule has 0 saturated carbocycles. The van der Waals surface area contributed by atoms with Crippen LogP contribution in [0.2, 0.25) is 0 Å². The summed E-state index contributed by atoms with van der Waals surface area (Å²) in [6.45, 7) is 6.24. The van der Waals surface area contributed by atoms with Crippen LogP contribution in [0.3, 0.4) is 0 Å². The van der Waals surface area contributed by atoms with E-state index in [1.807, 2.05) is 101 Å². The van der Waals surface area contributed by atoms with Crippen LogP contribution in [0.15, 0.2) is 174 Å². The summed E-state index contributed by atoms with van der Waals surface area (Å²) in [4.78, 5) is 0. The van der Waals surface area contributed by atoms with Crippen molar-refractivity contribution in [3.05, 3.63) is 178 Å². The maximum Gasteiger partial charge on any atom is 0.213 e. The van der Waals surface area contributed by atoms with Gasteiger partial charge in [-0.2, -0.15) is 44.6 Å². The summed E-state index contributed by atoms with van der Waals surface area (Å²) in [5, 5.41) is 61.4. The number of benzene rings is 4. The number of hydrogen-bond donors (Lipinski definition) is 0. The van der Waals surface area contributed by atoms with Crippen LogP contribution in [0.25, 0.3) is 17.1 Å². The lowest BCUT2D eigenvalue weighted by atomic mass is 10.1.